The van der Waals surface area contributed by atoms with Gasteiger partial charge in [0.25, 0.3) is 0 Å². The molecule has 0 saturated carbocycles. The van der Waals surface area contributed by atoms with E-state index >= 15 is 0 Å². The fourth-order valence-corrected chi connectivity index (χ4v) is 4.58. The first-order chi connectivity index (χ1) is 12.3. The van der Waals surface area contributed by atoms with Crippen LogP contribution in [-0.4, -0.2) is 19.7 Å². The van der Waals surface area contributed by atoms with Gasteiger partial charge < -0.3 is 5.73 Å². The van der Waals surface area contributed by atoms with Crippen LogP contribution in [0.3, 0.4) is 0 Å². The molecule has 4 aromatic rings. The van der Waals surface area contributed by atoms with Crippen LogP contribution >= 0.6 is 11.3 Å². The van der Waals surface area contributed by atoms with Crippen LogP contribution in [0.4, 0.5) is 5.82 Å². The van der Waals surface area contributed by atoms with E-state index in [9.17, 15) is 0 Å². The third-order valence-electron chi connectivity index (χ3n) is 4.58. The van der Waals surface area contributed by atoms with Gasteiger partial charge in [0.2, 0.25) is 0 Å². The van der Waals surface area contributed by atoms with Crippen molar-refractivity contribution in [1.82, 2.24) is 19.7 Å². The number of nitrogens with two attached hydrogens (primary N) is 1. The second-order valence-electron chi connectivity index (χ2n) is 5.90. The lowest BCUT2D eigenvalue weighted by atomic mass is 9.89. The van der Waals surface area contributed by atoms with Gasteiger partial charge in [-0.15, -0.1) is 11.3 Å². The predicted octanol–water partition coefficient (Wildman–Crippen LogP) is 3.10. The van der Waals surface area contributed by atoms with Gasteiger partial charge in [-0.2, -0.15) is 15.0 Å². The average Bonchev–Trinajstić information content (AvgIpc) is 3.21. The Balaban J connectivity index is 1.88. The monoisotopic (exact) mass is 344 g/mol. The highest BCUT2D eigenvalue weighted by Crippen LogP contribution is 2.44. The van der Waals surface area contributed by atoms with Crippen LogP contribution in [-0.2, 0) is 12.8 Å². The van der Waals surface area contributed by atoms with Gasteiger partial charge in [0.15, 0.2) is 5.82 Å². The van der Waals surface area contributed by atoms with Crippen LogP contribution in [0.2, 0.25) is 0 Å². The fraction of sp³-hybridized carbons (Fsp3) is 0.111. The van der Waals surface area contributed by atoms with E-state index in [1.807, 2.05) is 0 Å². The Morgan fingerprint density at radius 3 is 2.92 bits per heavy atom. The minimum atomic E-state index is 0.298. The molecule has 0 fully saturated rings. The van der Waals surface area contributed by atoms with E-state index < -0.39 is 0 Å². The van der Waals surface area contributed by atoms with Gasteiger partial charge in [-0.3, -0.25) is 0 Å². The topological polar surface area (TPSA) is 93.4 Å². The van der Waals surface area contributed by atoms with Gasteiger partial charge >= 0.3 is 0 Å². The minimum absolute atomic E-state index is 0.298. The summed E-state index contributed by atoms with van der Waals surface area (Å²) in [5, 5.41) is 14.4. The number of aromatic nitrogens is 4. The Kier molecular flexibility index (Phi) is 2.90. The lowest BCUT2D eigenvalue weighted by Crippen LogP contribution is -2.07. The second kappa shape index (κ2) is 5.13. The lowest BCUT2D eigenvalue weighted by Gasteiger charge is -2.17. The van der Waals surface area contributed by atoms with Crippen LogP contribution in [0.5, 0.6) is 0 Å². The average molecular weight is 344 g/mol. The molecule has 0 spiro atoms. The summed E-state index contributed by atoms with van der Waals surface area (Å²) in [4.78, 5) is 11.1. The zero-order valence-corrected chi connectivity index (χ0v) is 13.9. The van der Waals surface area contributed by atoms with Gasteiger partial charge in [0, 0.05) is 10.4 Å². The molecule has 1 aliphatic rings. The molecular formula is C18H12N6S. The molecule has 5 rings (SSSR count). The summed E-state index contributed by atoms with van der Waals surface area (Å²) < 4.78 is 1.53. The van der Waals surface area contributed by atoms with E-state index in [4.69, 9.17) is 11.0 Å². The van der Waals surface area contributed by atoms with Crippen molar-refractivity contribution in [1.29, 1.82) is 5.26 Å². The van der Waals surface area contributed by atoms with Crippen molar-refractivity contribution >= 4 is 27.4 Å². The van der Waals surface area contributed by atoms with Crippen LogP contribution in [0.25, 0.3) is 27.2 Å². The normalized spacial score (nSPS) is 12.6. The number of anilines is 1. The Morgan fingerprint density at radius 1 is 1.20 bits per heavy atom. The molecule has 7 heteroatoms. The first-order valence-corrected chi connectivity index (χ1v) is 8.68. The standard InChI is InChI=1S/C18H12N6S/c19-7-11-8-23-24(16(11)20)17-15-14-12-4-2-1-3-10(12)5-6-13(14)25-18(15)22-9-21-17/h1-4,8-9H,5-6,20H2. The summed E-state index contributed by atoms with van der Waals surface area (Å²) >= 11 is 1.69. The molecule has 6 nitrogen and oxygen atoms in total. The number of thiophene rings is 1. The zero-order chi connectivity index (χ0) is 17.0. The molecule has 25 heavy (non-hydrogen) atoms. The molecule has 0 bridgehead atoms. The summed E-state index contributed by atoms with van der Waals surface area (Å²) in [6.45, 7) is 0. The lowest BCUT2D eigenvalue weighted by molar-refractivity contribution is 0.861. The molecule has 0 radical (unpaired) electrons. The van der Waals surface area contributed by atoms with Crippen molar-refractivity contribution in [3.8, 4) is 23.0 Å². The maximum atomic E-state index is 9.16. The van der Waals surface area contributed by atoms with Crippen molar-refractivity contribution in [3.05, 3.63) is 52.8 Å². The van der Waals surface area contributed by atoms with Gasteiger partial charge in [-0.25, -0.2) is 9.97 Å². The predicted molar refractivity (Wildman–Crippen MR) is 96.5 cm³/mol. The SMILES string of the molecule is N#Cc1cnn(-c2ncnc3sc4c(c23)-c2ccccc2CC4)c1N. The maximum Gasteiger partial charge on any atom is 0.168 e. The van der Waals surface area contributed by atoms with E-state index in [-0.39, 0.29) is 0 Å². The summed E-state index contributed by atoms with van der Waals surface area (Å²) in [6.07, 6.45) is 5.01. The van der Waals surface area contributed by atoms with Crippen molar-refractivity contribution in [3.63, 3.8) is 0 Å². The molecule has 0 amide bonds. The molecular weight excluding hydrogens is 332 g/mol. The number of nitrogens with zero attached hydrogens (tertiary/aromatic N) is 5. The summed E-state index contributed by atoms with van der Waals surface area (Å²) in [5.41, 5.74) is 10.2. The van der Waals surface area contributed by atoms with E-state index in [0.717, 1.165) is 23.1 Å². The van der Waals surface area contributed by atoms with E-state index in [0.29, 0.717) is 17.2 Å². The van der Waals surface area contributed by atoms with Crippen molar-refractivity contribution in [2.45, 2.75) is 12.8 Å². The van der Waals surface area contributed by atoms with Crippen molar-refractivity contribution in [2.75, 3.05) is 5.73 Å². The Bertz CT molecular complexity index is 1180. The molecule has 1 aliphatic carbocycles. The van der Waals surface area contributed by atoms with Gasteiger partial charge in [-0.1, -0.05) is 24.3 Å². The highest BCUT2D eigenvalue weighted by atomic mass is 32.1. The largest absolute Gasteiger partial charge is 0.382 e. The van der Waals surface area contributed by atoms with Crippen LogP contribution in [0, 0.1) is 11.3 Å². The van der Waals surface area contributed by atoms with E-state index in [2.05, 4.69) is 45.4 Å². The van der Waals surface area contributed by atoms with Gasteiger partial charge in [0.1, 0.15) is 28.6 Å². The van der Waals surface area contributed by atoms with Gasteiger partial charge in [-0.05, 0) is 24.0 Å². The Morgan fingerprint density at radius 2 is 2.08 bits per heavy atom. The second-order valence-corrected chi connectivity index (χ2v) is 6.99. The molecule has 2 N–H and O–H groups in total. The number of nitriles is 1. The smallest absolute Gasteiger partial charge is 0.168 e. The van der Waals surface area contributed by atoms with Crippen molar-refractivity contribution in [2.24, 2.45) is 0 Å². The quantitative estimate of drug-likeness (QED) is 0.573. The molecule has 120 valence electrons. The summed E-state index contributed by atoms with van der Waals surface area (Å²) in [6, 6.07) is 10.5. The highest BCUT2D eigenvalue weighted by Gasteiger charge is 2.25. The molecule has 0 atom stereocenters. The number of hydrogen-bond acceptors (Lipinski definition) is 6. The van der Waals surface area contributed by atoms with Crippen LogP contribution < -0.4 is 5.73 Å². The number of fused-ring (bicyclic) bond motifs is 5. The maximum absolute atomic E-state index is 9.16. The van der Waals surface area contributed by atoms with Crippen LogP contribution in [0.1, 0.15) is 16.0 Å². The number of aryl methyl sites for hydroxylation is 2. The first kappa shape index (κ1) is 14.1. The minimum Gasteiger partial charge on any atom is -0.382 e. The third kappa shape index (κ3) is 1.92. The van der Waals surface area contributed by atoms with Crippen molar-refractivity contribution < 1.29 is 0 Å². The van der Waals surface area contributed by atoms with Gasteiger partial charge in [0.05, 0.1) is 11.6 Å². The Hall–Kier alpha value is -3.24. The Labute approximate surface area is 147 Å². The molecule has 0 saturated heterocycles. The zero-order valence-electron chi connectivity index (χ0n) is 13.1. The number of benzene rings is 1. The van der Waals surface area contributed by atoms with Crippen LogP contribution in [0.15, 0.2) is 36.8 Å². The first-order valence-electron chi connectivity index (χ1n) is 7.86. The molecule has 3 heterocycles. The molecule has 0 unspecified atom stereocenters. The fourth-order valence-electron chi connectivity index (χ4n) is 3.43. The summed E-state index contributed by atoms with van der Waals surface area (Å²) in [5.74, 6) is 0.921. The molecule has 1 aromatic carbocycles. The highest BCUT2D eigenvalue weighted by molar-refractivity contribution is 7.19. The third-order valence-corrected chi connectivity index (χ3v) is 5.73. The molecule has 0 aliphatic heterocycles. The molecule has 3 aromatic heterocycles. The number of rotatable bonds is 1. The number of hydrogen-bond donors (Lipinski definition) is 1. The summed E-state index contributed by atoms with van der Waals surface area (Å²) in [7, 11) is 0. The number of nitrogen functional groups attached to an aromatic ring is 1. The van der Waals surface area contributed by atoms with E-state index in [1.165, 1.54) is 38.8 Å². The van der Waals surface area contributed by atoms with E-state index in [1.54, 1.807) is 11.3 Å².